The predicted octanol–water partition coefficient (Wildman–Crippen LogP) is 4.00. The number of ether oxygens (including phenoxy) is 1. The number of benzene rings is 2. The molecule has 0 saturated carbocycles. The molecule has 1 aromatic heterocycles. The van der Waals surface area contributed by atoms with Crippen molar-refractivity contribution in [2.24, 2.45) is 0 Å². The minimum Gasteiger partial charge on any atom is -0.459 e. The molecule has 3 aromatic rings. The summed E-state index contributed by atoms with van der Waals surface area (Å²) in [5.41, 5.74) is 4.54. The van der Waals surface area contributed by atoms with E-state index in [1.807, 2.05) is 18.2 Å². The van der Waals surface area contributed by atoms with Crippen molar-refractivity contribution in [3.8, 4) is 0 Å². The molecule has 1 unspecified atom stereocenters. The summed E-state index contributed by atoms with van der Waals surface area (Å²) in [6.07, 6.45) is 4.41. The molecule has 3 heterocycles. The van der Waals surface area contributed by atoms with Crippen LogP contribution in [-0.4, -0.2) is 37.6 Å². The Hall–Kier alpha value is -3.58. The van der Waals surface area contributed by atoms with Crippen LogP contribution in [0.1, 0.15) is 44.9 Å². The Morgan fingerprint density at radius 3 is 2.70 bits per heavy atom. The Balaban J connectivity index is 1.40. The Labute approximate surface area is 192 Å². The van der Waals surface area contributed by atoms with Gasteiger partial charge < -0.3 is 24.7 Å². The molecular weight excluding hydrogens is 418 g/mol. The van der Waals surface area contributed by atoms with E-state index in [0.29, 0.717) is 17.8 Å². The average Bonchev–Trinajstić information content (AvgIpc) is 3.57. The monoisotopic (exact) mass is 445 g/mol. The van der Waals surface area contributed by atoms with Crippen molar-refractivity contribution in [2.45, 2.75) is 31.9 Å². The summed E-state index contributed by atoms with van der Waals surface area (Å²) in [6, 6.07) is 17.1. The average molecular weight is 446 g/mol. The number of rotatable bonds is 6. The fourth-order valence-corrected chi connectivity index (χ4v) is 4.48. The van der Waals surface area contributed by atoms with E-state index in [1.165, 1.54) is 17.4 Å². The smallest absolute Gasteiger partial charge is 0.291 e. The fraction of sp³-hybridized carbons (Fsp3) is 0.308. The molecule has 0 aliphatic carbocycles. The molecule has 2 aliphatic rings. The van der Waals surface area contributed by atoms with Crippen molar-refractivity contribution in [1.82, 2.24) is 5.32 Å². The van der Waals surface area contributed by atoms with Gasteiger partial charge in [0.15, 0.2) is 5.76 Å². The molecule has 7 heteroatoms. The highest BCUT2D eigenvalue weighted by atomic mass is 16.5. The minimum absolute atomic E-state index is 0.0566. The lowest BCUT2D eigenvalue weighted by Crippen LogP contribution is -2.35. The SMILES string of the molecule is O=C(Nc1ccc(N2CCc3ccccc3C2)c(C(=O)NCC2CCCO2)c1)c1ccco1. The van der Waals surface area contributed by atoms with Gasteiger partial charge in [-0.1, -0.05) is 24.3 Å². The molecule has 2 N–H and O–H groups in total. The van der Waals surface area contributed by atoms with Crippen LogP contribution in [0.5, 0.6) is 0 Å². The number of hydrogen-bond acceptors (Lipinski definition) is 5. The van der Waals surface area contributed by atoms with Gasteiger partial charge in [-0.2, -0.15) is 0 Å². The Kier molecular flexibility index (Phi) is 6.13. The van der Waals surface area contributed by atoms with Crippen molar-refractivity contribution in [3.63, 3.8) is 0 Å². The second-order valence-electron chi connectivity index (χ2n) is 8.45. The molecule has 1 fully saturated rings. The van der Waals surface area contributed by atoms with E-state index in [0.717, 1.165) is 44.6 Å². The van der Waals surface area contributed by atoms with Gasteiger partial charge in [0, 0.05) is 37.6 Å². The normalized spacial score (nSPS) is 17.5. The number of nitrogens with one attached hydrogen (secondary N) is 2. The number of hydrogen-bond donors (Lipinski definition) is 2. The van der Waals surface area contributed by atoms with Gasteiger partial charge in [0.25, 0.3) is 11.8 Å². The van der Waals surface area contributed by atoms with Gasteiger partial charge in [-0.3, -0.25) is 9.59 Å². The molecule has 5 rings (SSSR count). The first-order valence-electron chi connectivity index (χ1n) is 11.4. The Morgan fingerprint density at radius 1 is 1.03 bits per heavy atom. The van der Waals surface area contributed by atoms with Crippen LogP contribution in [0.2, 0.25) is 0 Å². The zero-order valence-electron chi connectivity index (χ0n) is 18.4. The Bertz CT molecular complexity index is 1140. The summed E-state index contributed by atoms with van der Waals surface area (Å²) in [7, 11) is 0. The van der Waals surface area contributed by atoms with Crippen LogP contribution in [0, 0.1) is 0 Å². The first-order valence-corrected chi connectivity index (χ1v) is 11.4. The molecule has 0 spiro atoms. The zero-order valence-corrected chi connectivity index (χ0v) is 18.4. The minimum atomic E-state index is -0.356. The quantitative estimate of drug-likeness (QED) is 0.599. The third kappa shape index (κ3) is 4.78. The van der Waals surface area contributed by atoms with Crippen LogP contribution in [-0.2, 0) is 17.7 Å². The van der Waals surface area contributed by atoms with Gasteiger partial charge in [0.1, 0.15) is 0 Å². The fourth-order valence-electron chi connectivity index (χ4n) is 4.48. The summed E-state index contributed by atoms with van der Waals surface area (Å²) in [6.45, 7) is 2.78. The highest BCUT2D eigenvalue weighted by Gasteiger charge is 2.23. The largest absolute Gasteiger partial charge is 0.459 e. The van der Waals surface area contributed by atoms with E-state index >= 15 is 0 Å². The third-order valence-corrected chi connectivity index (χ3v) is 6.23. The summed E-state index contributed by atoms with van der Waals surface area (Å²) in [4.78, 5) is 27.9. The zero-order chi connectivity index (χ0) is 22.6. The molecule has 2 aliphatic heterocycles. The highest BCUT2D eigenvalue weighted by molar-refractivity contribution is 6.05. The molecule has 0 radical (unpaired) electrons. The van der Waals surface area contributed by atoms with Crippen molar-refractivity contribution in [3.05, 3.63) is 83.3 Å². The van der Waals surface area contributed by atoms with Gasteiger partial charge in [-0.15, -0.1) is 0 Å². The van der Waals surface area contributed by atoms with Crippen molar-refractivity contribution in [1.29, 1.82) is 0 Å². The maximum absolute atomic E-state index is 13.3. The lowest BCUT2D eigenvalue weighted by molar-refractivity contribution is 0.0858. The van der Waals surface area contributed by atoms with Gasteiger partial charge in [-0.25, -0.2) is 0 Å². The summed E-state index contributed by atoms with van der Waals surface area (Å²) in [5.74, 6) is -0.310. The van der Waals surface area contributed by atoms with Crippen LogP contribution in [0.4, 0.5) is 11.4 Å². The van der Waals surface area contributed by atoms with Crippen LogP contribution in [0.15, 0.2) is 65.3 Å². The van der Waals surface area contributed by atoms with Crippen LogP contribution in [0.25, 0.3) is 0 Å². The third-order valence-electron chi connectivity index (χ3n) is 6.23. The van der Waals surface area contributed by atoms with E-state index in [2.05, 4.69) is 33.7 Å². The standard InChI is InChI=1S/C26H27N3O4/c30-25(27-16-21-7-3-13-32-21)22-15-20(28-26(31)24-8-4-14-33-24)9-10-23(22)29-12-11-18-5-1-2-6-19(18)17-29/h1-2,4-6,8-10,14-15,21H,3,7,11-13,16-17H2,(H,27,30)(H,28,31). The number of furan rings is 1. The lowest BCUT2D eigenvalue weighted by atomic mass is 9.98. The number of nitrogens with zero attached hydrogens (tertiary/aromatic N) is 1. The van der Waals surface area contributed by atoms with Crippen molar-refractivity contribution in [2.75, 3.05) is 29.9 Å². The Morgan fingerprint density at radius 2 is 1.91 bits per heavy atom. The first kappa shape index (κ1) is 21.3. The maximum Gasteiger partial charge on any atom is 0.291 e. The van der Waals surface area contributed by atoms with E-state index < -0.39 is 0 Å². The summed E-state index contributed by atoms with van der Waals surface area (Å²) < 4.78 is 10.8. The first-order chi connectivity index (χ1) is 16.2. The van der Waals surface area contributed by atoms with Crippen LogP contribution >= 0.6 is 0 Å². The molecule has 0 bridgehead atoms. The second kappa shape index (κ2) is 9.50. The van der Waals surface area contributed by atoms with Crippen molar-refractivity contribution >= 4 is 23.2 Å². The predicted molar refractivity (Wildman–Crippen MR) is 126 cm³/mol. The summed E-state index contributed by atoms with van der Waals surface area (Å²) in [5, 5.41) is 5.85. The van der Waals surface area contributed by atoms with E-state index in [9.17, 15) is 9.59 Å². The molecule has 1 atom stereocenters. The topological polar surface area (TPSA) is 83.8 Å². The van der Waals surface area contributed by atoms with E-state index in [-0.39, 0.29) is 23.7 Å². The van der Waals surface area contributed by atoms with E-state index in [4.69, 9.17) is 9.15 Å². The molecule has 7 nitrogen and oxygen atoms in total. The number of fused-ring (bicyclic) bond motifs is 1. The number of carbonyl (C=O) groups is 2. The van der Waals surface area contributed by atoms with Gasteiger partial charge in [-0.05, 0) is 60.7 Å². The number of amides is 2. The molecule has 170 valence electrons. The van der Waals surface area contributed by atoms with Crippen molar-refractivity contribution < 1.29 is 18.7 Å². The van der Waals surface area contributed by atoms with E-state index in [1.54, 1.807) is 18.2 Å². The second-order valence-corrected chi connectivity index (χ2v) is 8.45. The van der Waals surface area contributed by atoms with Gasteiger partial charge in [0.05, 0.1) is 17.9 Å². The van der Waals surface area contributed by atoms with Gasteiger partial charge in [0.2, 0.25) is 0 Å². The molecule has 1 saturated heterocycles. The highest BCUT2D eigenvalue weighted by Crippen LogP contribution is 2.30. The number of carbonyl (C=O) groups excluding carboxylic acids is 2. The van der Waals surface area contributed by atoms with Crippen LogP contribution in [0.3, 0.4) is 0 Å². The molecule has 2 aromatic carbocycles. The molecular formula is C26H27N3O4. The molecule has 33 heavy (non-hydrogen) atoms. The maximum atomic E-state index is 13.3. The van der Waals surface area contributed by atoms with Gasteiger partial charge >= 0.3 is 0 Å². The number of anilines is 2. The van der Waals surface area contributed by atoms with Crippen LogP contribution < -0.4 is 15.5 Å². The molecule has 2 amide bonds. The summed E-state index contributed by atoms with van der Waals surface area (Å²) >= 11 is 0. The lowest BCUT2D eigenvalue weighted by Gasteiger charge is -2.32.